The van der Waals surface area contributed by atoms with E-state index in [1.807, 2.05) is 25.1 Å². The number of aromatic nitrogens is 3. The fraction of sp³-hybridized carbons (Fsp3) is 0.143. The Balaban J connectivity index is 2.87. The summed E-state index contributed by atoms with van der Waals surface area (Å²) < 4.78 is 0. The van der Waals surface area contributed by atoms with Gasteiger partial charge in [0.15, 0.2) is 0 Å². The molecule has 1 N–H and O–H groups in total. The average Bonchev–Trinajstić information content (AvgIpc) is 2.33. The average molecular weight is 149 g/mol. The normalized spacial score (nSPS) is 10.6. The van der Waals surface area contributed by atoms with Crippen molar-refractivity contribution < 1.29 is 5.21 Å². The molecule has 0 radical (unpaired) electrons. The molecule has 1 aromatic carbocycles. The van der Waals surface area contributed by atoms with E-state index in [9.17, 15) is 0 Å². The Morgan fingerprint density at radius 3 is 3.09 bits per heavy atom. The van der Waals surface area contributed by atoms with E-state index in [4.69, 9.17) is 5.21 Å². The zero-order chi connectivity index (χ0) is 7.84. The summed E-state index contributed by atoms with van der Waals surface area (Å²) in [5, 5.41) is 16.3. The lowest BCUT2D eigenvalue weighted by molar-refractivity contribution is 0.154. The Labute approximate surface area is 63.0 Å². The topological polar surface area (TPSA) is 50.9 Å². The zero-order valence-electron chi connectivity index (χ0n) is 6.02. The smallest absolute Gasteiger partial charge is 0.130 e. The van der Waals surface area contributed by atoms with E-state index in [0.29, 0.717) is 11.0 Å². The Bertz CT molecular complexity index is 393. The highest BCUT2D eigenvalue weighted by atomic mass is 16.5. The van der Waals surface area contributed by atoms with Crippen molar-refractivity contribution in [1.29, 1.82) is 0 Å². The lowest BCUT2D eigenvalue weighted by atomic mass is 10.2. The molecule has 0 atom stereocenters. The van der Waals surface area contributed by atoms with Crippen molar-refractivity contribution in [2.24, 2.45) is 0 Å². The lowest BCUT2D eigenvalue weighted by Gasteiger charge is -1.91. The van der Waals surface area contributed by atoms with Crippen molar-refractivity contribution in [2.75, 3.05) is 0 Å². The van der Waals surface area contributed by atoms with Gasteiger partial charge >= 0.3 is 0 Å². The first kappa shape index (κ1) is 6.15. The summed E-state index contributed by atoms with van der Waals surface area (Å²) >= 11 is 0. The van der Waals surface area contributed by atoms with Crippen LogP contribution < -0.4 is 0 Å². The van der Waals surface area contributed by atoms with Crippen LogP contribution in [-0.2, 0) is 0 Å². The van der Waals surface area contributed by atoms with Crippen molar-refractivity contribution in [3.8, 4) is 0 Å². The maximum absolute atomic E-state index is 9.08. The second-order valence-electron chi connectivity index (χ2n) is 2.47. The Hall–Kier alpha value is -1.58. The minimum absolute atomic E-state index is 0.644. The molecule has 4 heteroatoms. The van der Waals surface area contributed by atoms with Gasteiger partial charge in [0.2, 0.25) is 0 Å². The van der Waals surface area contributed by atoms with Crippen molar-refractivity contribution in [1.82, 2.24) is 15.2 Å². The van der Waals surface area contributed by atoms with Crippen molar-refractivity contribution >= 4 is 11.0 Å². The van der Waals surface area contributed by atoms with E-state index in [2.05, 4.69) is 10.3 Å². The third-order valence-electron chi connectivity index (χ3n) is 1.58. The van der Waals surface area contributed by atoms with Gasteiger partial charge in [0.25, 0.3) is 0 Å². The van der Waals surface area contributed by atoms with Gasteiger partial charge in [-0.05, 0) is 29.8 Å². The van der Waals surface area contributed by atoms with Crippen LogP contribution in [0.3, 0.4) is 0 Å². The number of hydrogen-bond donors (Lipinski definition) is 1. The summed E-state index contributed by atoms with van der Waals surface area (Å²) in [6.45, 7) is 1.95. The number of hydrogen-bond acceptors (Lipinski definition) is 3. The SMILES string of the molecule is Cc1ccc2nnn(O)c2c1. The molecule has 11 heavy (non-hydrogen) atoms. The molecule has 2 aromatic rings. The van der Waals surface area contributed by atoms with Crippen molar-refractivity contribution in [3.63, 3.8) is 0 Å². The van der Waals surface area contributed by atoms with Gasteiger partial charge in [-0.1, -0.05) is 10.9 Å². The molecule has 56 valence electrons. The Morgan fingerprint density at radius 1 is 1.45 bits per heavy atom. The molecule has 2 rings (SSSR count). The first-order chi connectivity index (χ1) is 5.27. The van der Waals surface area contributed by atoms with E-state index < -0.39 is 0 Å². The van der Waals surface area contributed by atoms with Crippen LogP contribution in [0, 0.1) is 6.92 Å². The molecule has 0 bridgehead atoms. The number of fused-ring (bicyclic) bond motifs is 1. The van der Waals surface area contributed by atoms with E-state index in [1.54, 1.807) is 0 Å². The standard InChI is InChI=1S/C7H7N3O/c1-5-2-3-6-7(4-5)10(11)9-8-6/h2-4,11H,1H3. The molecule has 0 spiro atoms. The van der Waals surface area contributed by atoms with Gasteiger partial charge < -0.3 is 5.21 Å². The molecular formula is C7H7N3O. The predicted molar refractivity (Wildman–Crippen MR) is 39.4 cm³/mol. The summed E-state index contributed by atoms with van der Waals surface area (Å²) in [6.07, 6.45) is 0. The number of nitrogens with zero attached hydrogens (tertiary/aromatic N) is 3. The number of rotatable bonds is 0. The van der Waals surface area contributed by atoms with Crippen molar-refractivity contribution in [3.05, 3.63) is 23.8 Å². The maximum Gasteiger partial charge on any atom is 0.130 e. The van der Waals surface area contributed by atoms with Crippen LogP contribution in [0.25, 0.3) is 11.0 Å². The third kappa shape index (κ3) is 0.832. The number of benzene rings is 1. The Morgan fingerprint density at radius 2 is 2.27 bits per heavy atom. The third-order valence-corrected chi connectivity index (χ3v) is 1.58. The highest BCUT2D eigenvalue weighted by Crippen LogP contribution is 2.10. The molecule has 1 aromatic heterocycles. The minimum Gasteiger partial charge on any atom is -0.410 e. The molecular weight excluding hydrogens is 142 g/mol. The van der Waals surface area contributed by atoms with Crippen LogP contribution >= 0.6 is 0 Å². The summed E-state index contributed by atoms with van der Waals surface area (Å²) in [4.78, 5) is 0.780. The van der Waals surface area contributed by atoms with Crippen LogP contribution in [0.4, 0.5) is 0 Å². The van der Waals surface area contributed by atoms with Crippen LogP contribution in [0.2, 0.25) is 0 Å². The maximum atomic E-state index is 9.08. The van der Waals surface area contributed by atoms with Gasteiger partial charge in [0.1, 0.15) is 11.0 Å². The highest BCUT2D eigenvalue weighted by Gasteiger charge is 2.00. The molecule has 0 amide bonds. The molecule has 0 aliphatic rings. The molecule has 0 fully saturated rings. The van der Waals surface area contributed by atoms with Gasteiger partial charge in [-0.15, -0.1) is 5.10 Å². The van der Waals surface area contributed by atoms with Crippen LogP contribution in [-0.4, -0.2) is 20.4 Å². The monoisotopic (exact) mass is 149 g/mol. The molecule has 0 saturated heterocycles. The molecule has 1 heterocycles. The Kier molecular flexibility index (Phi) is 1.09. The van der Waals surface area contributed by atoms with Gasteiger partial charge in [-0.2, -0.15) is 0 Å². The predicted octanol–water partition coefficient (Wildman–Crippen LogP) is 0.977. The number of aryl methyl sites for hydroxylation is 1. The van der Waals surface area contributed by atoms with Crippen molar-refractivity contribution in [2.45, 2.75) is 6.92 Å². The minimum atomic E-state index is 0.644. The van der Waals surface area contributed by atoms with E-state index in [-0.39, 0.29) is 0 Å². The summed E-state index contributed by atoms with van der Waals surface area (Å²) in [5.74, 6) is 0. The fourth-order valence-electron chi connectivity index (χ4n) is 1.02. The van der Waals surface area contributed by atoms with Gasteiger partial charge in [0, 0.05) is 0 Å². The highest BCUT2D eigenvalue weighted by molar-refractivity contribution is 5.74. The van der Waals surface area contributed by atoms with Crippen LogP contribution in [0.1, 0.15) is 5.56 Å². The van der Waals surface area contributed by atoms with Gasteiger partial charge in [-0.25, -0.2) is 0 Å². The molecule has 4 nitrogen and oxygen atoms in total. The molecule has 0 unspecified atom stereocenters. The second kappa shape index (κ2) is 1.95. The van der Waals surface area contributed by atoms with E-state index in [1.165, 1.54) is 0 Å². The zero-order valence-corrected chi connectivity index (χ0v) is 6.02. The summed E-state index contributed by atoms with van der Waals surface area (Å²) in [7, 11) is 0. The largest absolute Gasteiger partial charge is 0.410 e. The molecule has 0 aliphatic heterocycles. The lowest BCUT2D eigenvalue weighted by Crippen LogP contribution is -1.91. The quantitative estimate of drug-likeness (QED) is 0.568. The summed E-state index contributed by atoms with van der Waals surface area (Å²) in [5.41, 5.74) is 2.43. The molecule has 0 saturated carbocycles. The van der Waals surface area contributed by atoms with Crippen LogP contribution in [0.5, 0.6) is 0 Å². The van der Waals surface area contributed by atoms with Gasteiger partial charge in [-0.3, -0.25) is 0 Å². The first-order valence-corrected chi connectivity index (χ1v) is 3.29. The summed E-state index contributed by atoms with van der Waals surface area (Å²) in [6, 6.07) is 5.58. The fourth-order valence-corrected chi connectivity index (χ4v) is 1.02. The van der Waals surface area contributed by atoms with Gasteiger partial charge in [0.05, 0.1) is 0 Å². The second-order valence-corrected chi connectivity index (χ2v) is 2.47. The molecule has 0 aliphatic carbocycles. The van der Waals surface area contributed by atoms with Crippen LogP contribution in [0.15, 0.2) is 18.2 Å². The first-order valence-electron chi connectivity index (χ1n) is 3.29. The van der Waals surface area contributed by atoms with E-state index in [0.717, 1.165) is 10.4 Å². The van der Waals surface area contributed by atoms with E-state index >= 15 is 0 Å².